The Morgan fingerprint density at radius 1 is 0.972 bits per heavy atom. The number of aromatic amines is 1. The van der Waals surface area contributed by atoms with Crippen LogP contribution in [0, 0.1) is 0 Å². The second-order valence-corrected chi connectivity index (χ2v) is 10.3. The van der Waals surface area contributed by atoms with Crippen molar-refractivity contribution in [1.82, 2.24) is 19.6 Å². The van der Waals surface area contributed by atoms with E-state index >= 15 is 0 Å². The van der Waals surface area contributed by atoms with Crippen LogP contribution in [0.3, 0.4) is 0 Å². The number of nitrogens with one attached hydrogen (secondary N) is 2. The molecule has 0 bridgehead atoms. The number of sulfonamides is 1. The van der Waals surface area contributed by atoms with Crippen LogP contribution in [0.15, 0.2) is 94.6 Å². The highest BCUT2D eigenvalue weighted by molar-refractivity contribution is 7.89. The van der Waals surface area contributed by atoms with E-state index in [1.165, 1.54) is 10.7 Å². The van der Waals surface area contributed by atoms with Gasteiger partial charge in [0.1, 0.15) is 6.04 Å². The summed E-state index contributed by atoms with van der Waals surface area (Å²) in [6.07, 6.45) is 0.203. The Balaban J connectivity index is 1.60. The maximum Gasteiger partial charge on any atom is 0.272 e. The number of aromatic nitrogens is 2. The predicted molar refractivity (Wildman–Crippen MR) is 133 cm³/mol. The Bertz CT molecular complexity index is 1560. The Morgan fingerprint density at radius 3 is 2.31 bits per heavy atom. The van der Waals surface area contributed by atoms with Crippen LogP contribution in [0.1, 0.15) is 22.9 Å². The van der Waals surface area contributed by atoms with E-state index in [9.17, 15) is 23.2 Å². The van der Waals surface area contributed by atoms with Crippen LogP contribution in [0.2, 0.25) is 0 Å². The Labute approximate surface area is 207 Å². The van der Waals surface area contributed by atoms with Gasteiger partial charge >= 0.3 is 0 Å². The third-order valence-corrected chi connectivity index (χ3v) is 8.24. The van der Waals surface area contributed by atoms with Crippen molar-refractivity contribution in [1.29, 1.82) is 0 Å². The average molecular weight is 505 g/mol. The summed E-state index contributed by atoms with van der Waals surface area (Å²) < 4.78 is 30.3. The minimum absolute atomic E-state index is 0.00417. The molecule has 10 heteroatoms. The molecular formula is C26H24N4O5S. The standard InChI is InChI=1S/C26H24N4O5S/c31-25(28-33)24-23-21(27-29(26(23)32)17-18-9-3-1-4-10-18)15-16-30(24)36(34,35)22-14-8-7-13-20(22)19-11-5-2-6-12-19/h1-14,24,27,33H,15-17H2,(H,28,31). The van der Waals surface area contributed by atoms with Gasteiger partial charge in [0.05, 0.1) is 17.0 Å². The van der Waals surface area contributed by atoms with Crippen LogP contribution in [-0.2, 0) is 27.8 Å². The van der Waals surface area contributed by atoms with Crippen molar-refractivity contribution < 1.29 is 18.4 Å². The van der Waals surface area contributed by atoms with E-state index in [4.69, 9.17) is 0 Å². The Hall–Kier alpha value is -3.99. The van der Waals surface area contributed by atoms with Gasteiger partial charge in [0.2, 0.25) is 10.0 Å². The number of hydrogen-bond donors (Lipinski definition) is 3. The number of nitrogens with zero attached hydrogens (tertiary/aromatic N) is 2. The van der Waals surface area contributed by atoms with Crippen molar-refractivity contribution in [3.63, 3.8) is 0 Å². The maximum atomic E-state index is 14.0. The number of H-pyrrole nitrogens is 1. The first-order valence-corrected chi connectivity index (χ1v) is 12.8. The lowest BCUT2D eigenvalue weighted by molar-refractivity contribution is -0.133. The minimum atomic E-state index is -4.25. The molecule has 1 aliphatic rings. The molecule has 0 fully saturated rings. The lowest BCUT2D eigenvalue weighted by Gasteiger charge is -2.32. The fraction of sp³-hybridized carbons (Fsp3) is 0.154. The molecule has 9 nitrogen and oxygen atoms in total. The molecule has 1 amide bonds. The van der Waals surface area contributed by atoms with Gasteiger partial charge in [-0.05, 0) is 17.2 Å². The summed E-state index contributed by atoms with van der Waals surface area (Å²) in [7, 11) is -4.25. The highest BCUT2D eigenvalue weighted by Crippen LogP contribution is 2.36. The zero-order valence-corrected chi connectivity index (χ0v) is 20.0. The topological polar surface area (TPSA) is 124 Å². The summed E-state index contributed by atoms with van der Waals surface area (Å²) in [6, 6.07) is 23.3. The van der Waals surface area contributed by atoms with E-state index in [1.54, 1.807) is 35.8 Å². The first kappa shape index (κ1) is 23.7. The smallest absolute Gasteiger partial charge is 0.272 e. The number of carbonyl (C=O) groups excluding carboxylic acids is 1. The molecule has 0 aliphatic carbocycles. The summed E-state index contributed by atoms with van der Waals surface area (Å²) >= 11 is 0. The van der Waals surface area contributed by atoms with Crippen LogP contribution < -0.4 is 11.0 Å². The number of carbonyl (C=O) groups is 1. The SMILES string of the molecule is O=C(NO)C1c2c([nH]n(Cc3ccccc3)c2=O)CCN1S(=O)(=O)c1ccccc1-c1ccccc1. The highest BCUT2D eigenvalue weighted by atomic mass is 32.2. The summed E-state index contributed by atoms with van der Waals surface area (Å²) in [6.45, 7) is 0.172. The lowest BCUT2D eigenvalue weighted by atomic mass is 10.0. The van der Waals surface area contributed by atoms with Crippen molar-refractivity contribution in [2.24, 2.45) is 0 Å². The lowest BCUT2D eigenvalue weighted by Crippen LogP contribution is -2.48. The van der Waals surface area contributed by atoms with E-state index in [0.717, 1.165) is 9.87 Å². The summed E-state index contributed by atoms with van der Waals surface area (Å²) in [5, 5.41) is 12.5. The summed E-state index contributed by atoms with van der Waals surface area (Å²) in [5.41, 5.74) is 3.55. The third kappa shape index (κ3) is 4.15. The number of rotatable bonds is 6. The number of fused-ring (bicyclic) bond motifs is 1. The normalized spacial score (nSPS) is 15.9. The van der Waals surface area contributed by atoms with Gasteiger partial charge in [0.25, 0.3) is 11.5 Å². The van der Waals surface area contributed by atoms with Crippen molar-refractivity contribution >= 4 is 15.9 Å². The molecule has 1 atom stereocenters. The molecule has 5 rings (SSSR count). The Kier molecular flexibility index (Phi) is 6.31. The maximum absolute atomic E-state index is 14.0. The van der Waals surface area contributed by atoms with Gasteiger partial charge in [-0.2, -0.15) is 4.31 Å². The third-order valence-electron chi connectivity index (χ3n) is 6.31. The molecule has 3 aromatic carbocycles. The van der Waals surface area contributed by atoms with Crippen LogP contribution in [0.25, 0.3) is 11.1 Å². The molecule has 36 heavy (non-hydrogen) atoms. The van der Waals surface area contributed by atoms with Crippen LogP contribution >= 0.6 is 0 Å². The second-order valence-electron chi connectivity index (χ2n) is 8.49. The molecule has 3 N–H and O–H groups in total. The predicted octanol–water partition coefficient (Wildman–Crippen LogP) is 2.69. The molecule has 4 aromatic rings. The van der Waals surface area contributed by atoms with Gasteiger partial charge in [0.15, 0.2) is 0 Å². The molecule has 1 unspecified atom stereocenters. The molecule has 1 aliphatic heterocycles. The van der Waals surface area contributed by atoms with Crippen molar-refractivity contribution in [2.75, 3.05) is 6.54 Å². The molecule has 0 saturated heterocycles. The molecular weight excluding hydrogens is 480 g/mol. The fourth-order valence-corrected chi connectivity index (χ4v) is 6.43. The second kappa shape index (κ2) is 9.57. The van der Waals surface area contributed by atoms with E-state index in [0.29, 0.717) is 16.8 Å². The van der Waals surface area contributed by atoms with Gasteiger partial charge in [-0.25, -0.2) is 18.6 Å². The largest absolute Gasteiger partial charge is 0.299 e. The molecule has 184 valence electrons. The summed E-state index contributed by atoms with van der Waals surface area (Å²) in [5.74, 6) is -1.00. The number of hydrogen-bond acceptors (Lipinski definition) is 5. The van der Waals surface area contributed by atoms with Gasteiger partial charge in [-0.1, -0.05) is 78.9 Å². The molecule has 1 aromatic heterocycles. The zero-order valence-electron chi connectivity index (χ0n) is 19.2. The van der Waals surface area contributed by atoms with Crippen molar-refractivity contribution in [3.05, 3.63) is 112 Å². The molecule has 0 saturated carbocycles. The number of amides is 1. The number of benzene rings is 3. The van der Waals surface area contributed by atoms with Gasteiger partial charge in [-0.15, -0.1) is 0 Å². The van der Waals surface area contributed by atoms with E-state index in [1.807, 2.05) is 48.5 Å². The van der Waals surface area contributed by atoms with E-state index < -0.39 is 27.5 Å². The average Bonchev–Trinajstić information content (AvgIpc) is 3.23. The quantitative estimate of drug-likeness (QED) is 0.275. The first-order chi connectivity index (χ1) is 17.4. The number of hydroxylamine groups is 1. The van der Waals surface area contributed by atoms with Crippen molar-refractivity contribution in [2.45, 2.75) is 23.9 Å². The van der Waals surface area contributed by atoms with Gasteiger partial charge in [0, 0.05) is 24.2 Å². The van der Waals surface area contributed by atoms with E-state index in [2.05, 4.69) is 5.10 Å². The van der Waals surface area contributed by atoms with E-state index in [-0.39, 0.29) is 30.0 Å². The van der Waals surface area contributed by atoms with Crippen molar-refractivity contribution in [3.8, 4) is 11.1 Å². The fourth-order valence-electron chi connectivity index (χ4n) is 4.65. The monoisotopic (exact) mass is 504 g/mol. The van der Waals surface area contributed by atoms with Crippen LogP contribution in [0.5, 0.6) is 0 Å². The first-order valence-electron chi connectivity index (χ1n) is 11.4. The van der Waals surface area contributed by atoms with Crippen LogP contribution in [-0.4, -0.2) is 40.2 Å². The molecule has 0 spiro atoms. The van der Waals surface area contributed by atoms with Crippen LogP contribution in [0.4, 0.5) is 0 Å². The minimum Gasteiger partial charge on any atom is -0.299 e. The van der Waals surface area contributed by atoms with Gasteiger partial charge < -0.3 is 0 Å². The zero-order chi connectivity index (χ0) is 25.3. The molecule has 2 heterocycles. The highest BCUT2D eigenvalue weighted by Gasteiger charge is 2.44. The Morgan fingerprint density at radius 2 is 1.61 bits per heavy atom. The summed E-state index contributed by atoms with van der Waals surface area (Å²) in [4.78, 5) is 26.3. The van der Waals surface area contributed by atoms with Gasteiger partial charge in [-0.3, -0.25) is 19.9 Å². The molecule has 0 radical (unpaired) electrons.